The van der Waals surface area contributed by atoms with Crippen LogP contribution in [0.1, 0.15) is 104 Å². The van der Waals surface area contributed by atoms with Crippen LogP contribution >= 0.6 is 0 Å². The lowest BCUT2D eigenvalue weighted by Gasteiger charge is -2.40. The molecule has 0 radical (unpaired) electrons. The Hall–Kier alpha value is -1.11. The van der Waals surface area contributed by atoms with E-state index in [0.717, 1.165) is 50.7 Å². The molecule has 1 atom stereocenters. The average molecular weight is 475 g/mol. The third-order valence-corrected chi connectivity index (χ3v) is 5.75. The molecule has 3 nitrogen and oxygen atoms in total. The minimum absolute atomic E-state index is 0.107. The fraction of sp³-hybridized carbons (Fsp3) is 0.778. The van der Waals surface area contributed by atoms with Gasteiger partial charge in [0.1, 0.15) is 0 Å². The van der Waals surface area contributed by atoms with E-state index >= 15 is 0 Å². The minimum atomic E-state index is -1.43. The molecule has 6 heteroatoms. The molecule has 1 aromatic rings. The number of aryl methyl sites for hydroxylation is 1. The second-order valence-electron chi connectivity index (χ2n) is 8.81. The predicted molar refractivity (Wildman–Crippen MR) is 128 cm³/mol. The molecule has 1 unspecified atom stereocenters. The lowest BCUT2D eigenvalue weighted by molar-refractivity contribution is -0.406. The van der Waals surface area contributed by atoms with E-state index in [1.807, 2.05) is 20.8 Å². The second kappa shape index (κ2) is 17.3. The Morgan fingerprint density at radius 2 is 1.15 bits per heavy atom. The molecular formula is C27H45F3O3. The van der Waals surface area contributed by atoms with Gasteiger partial charge in [-0.05, 0) is 56.2 Å². The minimum Gasteiger partial charge on any atom is -0.327 e. The molecule has 1 aromatic carbocycles. The number of rotatable bonds is 20. The fourth-order valence-corrected chi connectivity index (χ4v) is 3.97. The SMILES string of the molecule is CCCCCCCCC(CCc1cc(F)c(F)c(F)c1)C(OCCC)(OCCC)OCCC. The summed E-state index contributed by atoms with van der Waals surface area (Å²) < 4.78 is 59.6. The summed E-state index contributed by atoms with van der Waals surface area (Å²) in [6.07, 6.45) is 11.2. The van der Waals surface area contributed by atoms with Crippen molar-refractivity contribution in [3.8, 4) is 0 Å². The number of halogens is 3. The van der Waals surface area contributed by atoms with Gasteiger partial charge in [-0.25, -0.2) is 13.2 Å². The highest BCUT2D eigenvalue weighted by molar-refractivity contribution is 5.19. The molecular weight excluding hydrogens is 429 g/mol. The molecule has 0 amide bonds. The van der Waals surface area contributed by atoms with Crippen LogP contribution in [0.25, 0.3) is 0 Å². The molecule has 0 aliphatic rings. The Kier molecular flexibility index (Phi) is 15.7. The normalized spacial score (nSPS) is 12.9. The lowest BCUT2D eigenvalue weighted by atomic mass is 9.91. The molecule has 0 saturated carbocycles. The van der Waals surface area contributed by atoms with Crippen LogP contribution in [0.3, 0.4) is 0 Å². The van der Waals surface area contributed by atoms with Crippen molar-refractivity contribution < 1.29 is 27.4 Å². The molecule has 192 valence electrons. The van der Waals surface area contributed by atoms with E-state index in [-0.39, 0.29) is 5.92 Å². The van der Waals surface area contributed by atoms with Crippen LogP contribution < -0.4 is 0 Å². The first-order valence-electron chi connectivity index (χ1n) is 13.0. The largest absolute Gasteiger partial charge is 0.327 e. The number of benzene rings is 1. The van der Waals surface area contributed by atoms with Gasteiger partial charge in [-0.1, -0.05) is 66.2 Å². The predicted octanol–water partition coefficient (Wildman–Crippen LogP) is 8.34. The summed E-state index contributed by atoms with van der Waals surface area (Å²) in [5.41, 5.74) is 0.426. The maximum Gasteiger partial charge on any atom is 0.285 e. The first kappa shape index (κ1) is 29.9. The van der Waals surface area contributed by atoms with Crippen molar-refractivity contribution in [2.24, 2.45) is 5.92 Å². The van der Waals surface area contributed by atoms with Gasteiger partial charge in [-0.2, -0.15) is 0 Å². The van der Waals surface area contributed by atoms with Gasteiger partial charge in [0.15, 0.2) is 17.5 Å². The van der Waals surface area contributed by atoms with Crippen molar-refractivity contribution in [3.05, 3.63) is 35.1 Å². The van der Waals surface area contributed by atoms with E-state index in [1.54, 1.807) is 0 Å². The zero-order valence-corrected chi connectivity index (χ0v) is 21.2. The van der Waals surface area contributed by atoms with Gasteiger partial charge in [0, 0.05) is 5.92 Å². The Bertz CT molecular complexity index is 594. The van der Waals surface area contributed by atoms with E-state index in [0.29, 0.717) is 38.2 Å². The molecule has 0 bridgehead atoms. The van der Waals surface area contributed by atoms with Crippen molar-refractivity contribution in [3.63, 3.8) is 0 Å². The highest BCUT2D eigenvalue weighted by Gasteiger charge is 2.42. The third kappa shape index (κ3) is 10.8. The Balaban J connectivity index is 3.06. The Morgan fingerprint density at radius 1 is 0.667 bits per heavy atom. The van der Waals surface area contributed by atoms with Crippen LogP contribution in [-0.4, -0.2) is 25.8 Å². The Labute approximate surface area is 199 Å². The summed E-state index contributed by atoms with van der Waals surface area (Å²) in [5, 5.41) is 0. The van der Waals surface area contributed by atoms with E-state index in [4.69, 9.17) is 14.2 Å². The van der Waals surface area contributed by atoms with Crippen LogP contribution in [0.2, 0.25) is 0 Å². The standard InChI is InChI=1S/C27H45F3O3/c1-5-9-10-11-12-13-14-23(16-15-22-20-24(28)26(30)25(29)21-22)27(31-17-6-2,32-18-7-3)33-19-8-4/h20-21,23H,5-19H2,1-4H3. The van der Waals surface area contributed by atoms with E-state index in [9.17, 15) is 13.2 Å². The first-order valence-corrected chi connectivity index (χ1v) is 13.0. The Morgan fingerprint density at radius 3 is 1.64 bits per heavy atom. The molecule has 0 N–H and O–H groups in total. The maximum atomic E-state index is 13.8. The van der Waals surface area contributed by atoms with Gasteiger partial charge in [0.25, 0.3) is 5.97 Å². The molecule has 0 spiro atoms. The fourth-order valence-electron chi connectivity index (χ4n) is 3.97. The number of hydrogen-bond donors (Lipinski definition) is 0. The molecule has 0 aromatic heterocycles. The third-order valence-electron chi connectivity index (χ3n) is 5.75. The van der Waals surface area contributed by atoms with E-state index in [2.05, 4.69) is 6.92 Å². The van der Waals surface area contributed by atoms with Gasteiger partial charge < -0.3 is 14.2 Å². The van der Waals surface area contributed by atoms with E-state index in [1.165, 1.54) is 25.7 Å². The summed E-state index contributed by atoms with van der Waals surface area (Å²) >= 11 is 0. The number of unbranched alkanes of at least 4 members (excludes halogenated alkanes) is 5. The summed E-state index contributed by atoms with van der Waals surface area (Å²) in [7, 11) is 0. The molecule has 0 heterocycles. The summed E-state index contributed by atoms with van der Waals surface area (Å²) in [4.78, 5) is 0. The van der Waals surface area contributed by atoms with Gasteiger partial charge in [0.05, 0.1) is 19.8 Å². The van der Waals surface area contributed by atoms with Gasteiger partial charge >= 0.3 is 0 Å². The second-order valence-corrected chi connectivity index (χ2v) is 8.81. The molecule has 0 aliphatic heterocycles. The zero-order valence-electron chi connectivity index (χ0n) is 21.2. The average Bonchev–Trinajstić information content (AvgIpc) is 2.81. The van der Waals surface area contributed by atoms with Crippen molar-refractivity contribution in [2.75, 3.05) is 19.8 Å². The maximum absolute atomic E-state index is 13.8. The van der Waals surface area contributed by atoms with Crippen molar-refractivity contribution in [1.82, 2.24) is 0 Å². The van der Waals surface area contributed by atoms with Crippen LogP contribution in [-0.2, 0) is 20.6 Å². The topological polar surface area (TPSA) is 27.7 Å². The van der Waals surface area contributed by atoms with Gasteiger partial charge in [-0.3, -0.25) is 0 Å². The smallest absolute Gasteiger partial charge is 0.285 e. The van der Waals surface area contributed by atoms with Crippen LogP contribution in [0.4, 0.5) is 13.2 Å². The van der Waals surface area contributed by atoms with E-state index < -0.39 is 23.4 Å². The number of ether oxygens (including phenoxy) is 3. The summed E-state index contributed by atoms with van der Waals surface area (Å²) in [5.74, 6) is -5.03. The highest BCUT2D eigenvalue weighted by atomic mass is 19.2. The highest BCUT2D eigenvalue weighted by Crippen LogP contribution is 2.35. The molecule has 0 fully saturated rings. The van der Waals surface area contributed by atoms with Crippen molar-refractivity contribution in [1.29, 1.82) is 0 Å². The number of hydrogen-bond acceptors (Lipinski definition) is 3. The molecule has 33 heavy (non-hydrogen) atoms. The van der Waals surface area contributed by atoms with Gasteiger partial charge in [-0.15, -0.1) is 0 Å². The van der Waals surface area contributed by atoms with Crippen LogP contribution in [0, 0.1) is 23.4 Å². The van der Waals surface area contributed by atoms with Crippen LogP contribution in [0.15, 0.2) is 12.1 Å². The first-order chi connectivity index (χ1) is 15.9. The van der Waals surface area contributed by atoms with Crippen molar-refractivity contribution >= 4 is 0 Å². The van der Waals surface area contributed by atoms with Crippen molar-refractivity contribution in [2.45, 2.75) is 111 Å². The quantitative estimate of drug-likeness (QED) is 0.108. The summed E-state index contributed by atoms with van der Waals surface area (Å²) in [6.45, 7) is 9.82. The zero-order chi connectivity index (χ0) is 24.5. The lowest BCUT2D eigenvalue weighted by Crippen LogP contribution is -2.47. The monoisotopic (exact) mass is 474 g/mol. The molecule has 0 aliphatic carbocycles. The summed E-state index contributed by atoms with van der Waals surface area (Å²) in [6, 6.07) is 2.16. The molecule has 1 rings (SSSR count). The van der Waals surface area contributed by atoms with Gasteiger partial charge in [0.2, 0.25) is 0 Å². The molecule has 0 saturated heterocycles. The van der Waals surface area contributed by atoms with Crippen LogP contribution in [0.5, 0.6) is 0 Å².